The minimum absolute atomic E-state index is 0.132. The molecular formula is C24H29N5O3S. The van der Waals surface area contributed by atoms with Gasteiger partial charge in [-0.1, -0.05) is 12.1 Å². The lowest BCUT2D eigenvalue weighted by Crippen LogP contribution is -2.49. The number of carbonyl (C=O) groups excluding carboxylic acids is 2. The molecule has 4 rings (SSSR count). The molecular weight excluding hydrogens is 438 g/mol. The quantitative estimate of drug-likeness (QED) is 0.539. The van der Waals surface area contributed by atoms with Crippen LogP contribution in [0.1, 0.15) is 42.4 Å². The lowest BCUT2D eigenvalue weighted by Gasteiger charge is -2.34. The van der Waals surface area contributed by atoms with E-state index in [1.54, 1.807) is 37.0 Å². The van der Waals surface area contributed by atoms with Gasteiger partial charge in [0, 0.05) is 56.1 Å². The van der Waals surface area contributed by atoms with Crippen LogP contribution in [0.3, 0.4) is 0 Å². The molecule has 0 saturated carbocycles. The third kappa shape index (κ3) is 5.66. The number of nitrogens with zero attached hydrogens (tertiary/aromatic N) is 5. The third-order valence-corrected chi connectivity index (χ3v) is 6.21. The molecule has 1 saturated heterocycles. The number of hydrogen-bond donors (Lipinski definition) is 0. The molecule has 8 nitrogen and oxygen atoms in total. The molecule has 1 aromatic carbocycles. The van der Waals surface area contributed by atoms with E-state index in [-0.39, 0.29) is 11.7 Å². The summed E-state index contributed by atoms with van der Waals surface area (Å²) in [5.74, 6) is -0.533. The van der Waals surface area contributed by atoms with Crippen LogP contribution >= 0.6 is 11.3 Å². The maximum absolute atomic E-state index is 12.8. The van der Waals surface area contributed by atoms with Crippen molar-refractivity contribution in [3.05, 3.63) is 58.9 Å². The van der Waals surface area contributed by atoms with Gasteiger partial charge in [0.05, 0.1) is 0 Å². The lowest BCUT2D eigenvalue weighted by molar-refractivity contribution is 0.00623. The third-order valence-electron chi connectivity index (χ3n) is 5.41. The number of aryl methyl sites for hydroxylation is 1. The van der Waals surface area contributed by atoms with Gasteiger partial charge in [0.2, 0.25) is 0 Å². The lowest BCUT2D eigenvalue weighted by atomic mass is 10.0. The molecule has 0 spiro atoms. The van der Waals surface area contributed by atoms with E-state index < -0.39 is 11.6 Å². The summed E-state index contributed by atoms with van der Waals surface area (Å²) in [5, 5.41) is 7.16. The van der Waals surface area contributed by atoms with E-state index in [0.717, 1.165) is 24.6 Å². The Morgan fingerprint density at radius 3 is 2.55 bits per heavy atom. The highest BCUT2D eigenvalue weighted by Crippen LogP contribution is 2.27. The van der Waals surface area contributed by atoms with Crippen LogP contribution in [0.5, 0.6) is 0 Å². The van der Waals surface area contributed by atoms with E-state index in [0.29, 0.717) is 13.1 Å². The largest absolute Gasteiger partial charge is 0.455 e. The first-order valence-corrected chi connectivity index (χ1v) is 11.9. The SMILES string of the molecule is Cc1ccc(CN2CCN(C(=O)n3ccc(C(=O)OC(C)(C)C)n3)CC2)cc1-c1nccs1. The Hall–Kier alpha value is -3.04. The van der Waals surface area contributed by atoms with Crippen molar-refractivity contribution in [1.82, 2.24) is 24.6 Å². The monoisotopic (exact) mass is 467 g/mol. The van der Waals surface area contributed by atoms with E-state index in [1.807, 2.05) is 11.6 Å². The average molecular weight is 468 g/mol. The number of piperazine rings is 1. The molecule has 1 fully saturated rings. The van der Waals surface area contributed by atoms with Crippen LogP contribution in [-0.2, 0) is 11.3 Å². The van der Waals surface area contributed by atoms with E-state index in [4.69, 9.17) is 4.74 Å². The van der Waals surface area contributed by atoms with Crippen LogP contribution in [0, 0.1) is 6.92 Å². The summed E-state index contributed by atoms with van der Waals surface area (Å²) in [6, 6.07) is 7.80. The predicted molar refractivity (Wildman–Crippen MR) is 127 cm³/mol. The summed E-state index contributed by atoms with van der Waals surface area (Å²) in [6.07, 6.45) is 3.35. The van der Waals surface area contributed by atoms with Gasteiger partial charge in [-0.3, -0.25) is 4.90 Å². The van der Waals surface area contributed by atoms with Crippen molar-refractivity contribution >= 4 is 23.3 Å². The van der Waals surface area contributed by atoms with E-state index in [9.17, 15) is 9.59 Å². The first-order chi connectivity index (χ1) is 15.7. The van der Waals surface area contributed by atoms with E-state index >= 15 is 0 Å². The summed E-state index contributed by atoms with van der Waals surface area (Å²) in [5.41, 5.74) is 3.15. The Labute approximate surface area is 197 Å². The van der Waals surface area contributed by atoms with E-state index in [2.05, 4.69) is 40.1 Å². The molecule has 3 heterocycles. The number of amides is 1. The highest BCUT2D eigenvalue weighted by Gasteiger charge is 2.25. The number of aromatic nitrogens is 3. The van der Waals surface area contributed by atoms with Crippen molar-refractivity contribution in [3.8, 4) is 10.6 Å². The number of hydrogen-bond acceptors (Lipinski definition) is 7. The van der Waals surface area contributed by atoms with Crippen molar-refractivity contribution in [2.24, 2.45) is 0 Å². The van der Waals surface area contributed by atoms with Crippen LogP contribution in [0.2, 0.25) is 0 Å². The number of benzene rings is 1. The summed E-state index contributed by atoms with van der Waals surface area (Å²) in [6.45, 7) is 11.1. The summed E-state index contributed by atoms with van der Waals surface area (Å²) in [7, 11) is 0. The van der Waals surface area contributed by atoms with Crippen LogP contribution in [0.4, 0.5) is 4.79 Å². The molecule has 174 valence electrons. The van der Waals surface area contributed by atoms with E-state index in [1.165, 1.54) is 33.6 Å². The summed E-state index contributed by atoms with van der Waals surface area (Å²) in [4.78, 5) is 33.6. The van der Waals surface area contributed by atoms with Gasteiger partial charge in [-0.15, -0.1) is 11.3 Å². The van der Waals surface area contributed by atoms with Gasteiger partial charge in [0.25, 0.3) is 0 Å². The molecule has 9 heteroatoms. The normalized spacial score (nSPS) is 15.0. The molecule has 0 radical (unpaired) electrons. The number of carbonyl (C=O) groups is 2. The second-order valence-electron chi connectivity index (χ2n) is 9.18. The van der Waals surface area contributed by atoms with Crippen molar-refractivity contribution < 1.29 is 14.3 Å². The second kappa shape index (κ2) is 9.44. The topological polar surface area (TPSA) is 80.6 Å². The molecule has 1 aliphatic heterocycles. The van der Waals surface area contributed by atoms with Crippen LogP contribution in [0.25, 0.3) is 10.6 Å². The molecule has 33 heavy (non-hydrogen) atoms. The molecule has 0 bridgehead atoms. The fraction of sp³-hybridized carbons (Fsp3) is 0.417. The molecule has 0 N–H and O–H groups in total. The summed E-state index contributed by atoms with van der Waals surface area (Å²) >= 11 is 1.65. The molecule has 1 aliphatic rings. The Kier molecular flexibility index (Phi) is 6.62. The Balaban J connectivity index is 1.34. The minimum atomic E-state index is -0.611. The molecule has 0 unspecified atom stereocenters. The molecule has 0 atom stereocenters. The van der Waals surface area contributed by atoms with Gasteiger partial charge >= 0.3 is 12.0 Å². The van der Waals surface area contributed by atoms with Crippen molar-refractivity contribution in [2.45, 2.75) is 39.8 Å². The second-order valence-corrected chi connectivity index (χ2v) is 10.1. The van der Waals surface area contributed by atoms with Gasteiger partial charge in [-0.05, 0) is 51.0 Å². The number of esters is 1. The smallest absolute Gasteiger partial charge is 0.359 e. The van der Waals surface area contributed by atoms with Gasteiger partial charge in [-0.25, -0.2) is 14.6 Å². The molecule has 0 aliphatic carbocycles. The molecule has 1 amide bonds. The van der Waals surface area contributed by atoms with Gasteiger partial charge < -0.3 is 9.64 Å². The van der Waals surface area contributed by atoms with Crippen LogP contribution in [0.15, 0.2) is 42.0 Å². The number of thiazole rings is 1. The Morgan fingerprint density at radius 1 is 1.12 bits per heavy atom. The Morgan fingerprint density at radius 2 is 1.88 bits per heavy atom. The number of rotatable bonds is 4. The molecule has 2 aromatic heterocycles. The first kappa shape index (κ1) is 23.1. The van der Waals surface area contributed by atoms with Gasteiger partial charge in [0.1, 0.15) is 10.6 Å². The standard InChI is InChI=1S/C24H29N5O3S/c1-17-5-6-18(15-19(17)21-25-8-14-33-21)16-27-10-12-28(13-11-27)23(31)29-9-7-20(26-29)22(30)32-24(2,3)4/h5-9,14-15H,10-13,16H2,1-4H3. The zero-order chi connectivity index (χ0) is 23.6. The molecule has 3 aromatic rings. The minimum Gasteiger partial charge on any atom is -0.455 e. The van der Waals surface area contributed by atoms with Gasteiger partial charge in [0.15, 0.2) is 5.69 Å². The zero-order valence-corrected chi connectivity index (χ0v) is 20.3. The average Bonchev–Trinajstić information content (AvgIpc) is 3.46. The number of ether oxygens (including phenoxy) is 1. The fourth-order valence-electron chi connectivity index (χ4n) is 3.72. The van der Waals surface area contributed by atoms with Crippen molar-refractivity contribution in [2.75, 3.05) is 26.2 Å². The summed E-state index contributed by atoms with van der Waals surface area (Å²) < 4.78 is 6.54. The maximum atomic E-state index is 12.8. The fourth-order valence-corrected chi connectivity index (χ4v) is 4.44. The maximum Gasteiger partial charge on any atom is 0.359 e. The highest BCUT2D eigenvalue weighted by molar-refractivity contribution is 7.13. The Bertz CT molecular complexity index is 1130. The zero-order valence-electron chi connectivity index (χ0n) is 19.4. The van der Waals surface area contributed by atoms with Crippen LogP contribution < -0.4 is 0 Å². The van der Waals surface area contributed by atoms with Crippen molar-refractivity contribution in [1.29, 1.82) is 0 Å². The predicted octanol–water partition coefficient (Wildman–Crippen LogP) is 4.06. The van der Waals surface area contributed by atoms with Crippen LogP contribution in [-0.4, -0.2) is 68.3 Å². The van der Waals surface area contributed by atoms with Crippen molar-refractivity contribution in [3.63, 3.8) is 0 Å². The first-order valence-electron chi connectivity index (χ1n) is 11.0. The highest BCUT2D eigenvalue weighted by atomic mass is 32.1. The van der Waals surface area contributed by atoms with Gasteiger partial charge in [-0.2, -0.15) is 9.78 Å².